The molecular weight excluding hydrogens is 551 g/mol. The topological polar surface area (TPSA) is 142 Å². The number of aromatic hydroxyl groups is 2. The predicted octanol–water partition coefficient (Wildman–Crippen LogP) is 4.84. The fourth-order valence-electron chi connectivity index (χ4n) is 5.72. The first-order valence-corrected chi connectivity index (χ1v) is 13.9. The molecule has 9 nitrogen and oxygen atoms in total. The van der Waals surface area contributed by atoms with Crippen molar-refractivity contribution < 1.29 is 41.3 Å². The van der Waals surface area contributed by atoms with Crippen molar-refractivity contribution in [2.75, 3.05) is 11.1 Å². The van der Waals surface area contributed by atoms with Crippen LogP contribution < -0.4 is 5.32 Å². The number of ether oxygens (including phenoxy) is 1. The van der Waals surface area contributed by atoms with E-state index in [4.69, 9.17) is 10.00 Å². The molecule has 210 valence electrons. The van der Waals surface area contributed by atoms with Crippen molar-refractivity contribution >= 4 is 21.4 Å². The third-order valence-electron chi connectivity index (χ3n) is 7.53. The van der Waals surface area contributed by atoms with Gasteiger partial charge in [-0.1, -0.05) is 0 Å². The van der Waals surface area contributed by atoms with E-state index in [1.807, 2.05) is 0 Å². The molecule has 2 aliphatic rings. The molecule has 3 N–H and O–H groups in total. The van der Waals surface area contributed by atoms with E-state index in [1.54, 1.807) is 6.92 Å². The minimum absolute atomic E-state index is 0.0129. The maximum absolute atomic E-state index is 13.6. The van der Waals surface area contributed by atoms with E-state index in [9.17, 15) is 36.6 Å². The molecule has 0 radical (unpaired) electrons. The van der Waals surface area contributed by atoms with Crippen LogP contribution >= 0.6 is 0 Å². The maximum atomic E-state index is 13.6. The van der Waals surface area contributed by atoms with Crippen molar-refractivity contribution in [3.05, 3.63) is 64.7 Å². The fraction of sp³-hybridized carbons (Fsp3) is 0.333. The van der Waals surface area contributed by atoms with Crippen LogP contribution in [0.2, 0.25) is 0 Å². The zero-order valence-electron chi connectivity index (χ0n) is 21.3. The Morgan fingerprint density at radius 2 is 1.77 bits per heavy atom. The molecule has 3 heterocycles. The summed E-state index contributed by atoms with van der Waals surface area (Å²) in [5.41, 5.74) is -3.73. The van der Waals surface area contributed by atoms with E-state index in [-0.39, 0.29) is 39.8 Å². The SMILES string of the molecule is CC(=O)Nc1ccc(S(=O)(=O)CC[C@@]23CC[C@@](C)(O2)c2c3c(O)n(-c3ccc(C#N)c(C(F)(F)F)c3)c2O)cc1. The summed E-state index contributed by atoms with van der Waals surface area (Å²) >= 11 is 0. The third-order valence-corrected chi connectivity index (χ3v) is 9.26. The molecule has 2 bridgehead atoms. The number of nitrogens with one attached hydrogen (secondary N) is 1. The van der Waals surface area contributed by atoms with Crippen molar-refractivity contribution in [3.63, 3.8) is 0 Å². The highest BCUT2D eigenvalue weighted by atomic mass is 32.2. The number of alkyl halides is 3. The van der Waals surface area contributed by atoms with Gasteiger partial charge in [0.05, 0.1) is 50.3 Å². The molecule has 0 aliphatic carbocycles. The van der Waals surface area contributed by atoms with Gasteiger partial charge in [-0.2, -0.15) is 18.4 Å². The van der Waals surface area contributed by atoms with Crippen LogP contribution in [0.3, 0.4) is 0 Å². The average molecular weight is 576 g/mol. The molecule has 40 heavy (non-hydrogen) atoms. The third kappa shape index (κ3) is 4.28. The van der Waals surface area contributed by atoms with Gasteiger partial charge in [0.15, 0.2) is 9.84 Å². The van der Waals surface area contributed by atoms with Gasteiger partial charge in [0.25, 0.3) is 0 Å². The Bertz CT molecular complexity index is 1690. The second-order valence-corrected chi connectivity index (χ2v) is 12.3. The Hall–Kier alpha value is -4.02. The molecule has 1 amide bonds. The van der Waals surface area contributed by atoms with Gasteiger partial charge in [-0.3, -0.25) is 9.36 Å². The molecule has 2 aromatic carbocycles. The predicted molar refractivity (Wildman–Crippen MR) is 136 cm³/mol. The number of nitrogens with zero attached hydrogens (tertiary/aromatic N) is 2. The number of nitriles is 1. The van der Waals surface area contributed by atoms with E-state index < -0.39 is 50.1 Å². The quantitative estimate of drug-likeness (QED) is 0.382. The fourth-order valence-corrected chi connectivity index (χ4v) is 7.11. The summed E-state index contributed by atoms with van der Waals surface area (Å²) in [7, 11) is -3.84. The number of anilines is 1. The Morgan fingerprint density at radius 3 is 2.38 bits per heavy atom. The largest absolute Gasteiger partial charge is 0.494 e. The van der Waals surface area contributed by atoms with Crippen LogP contribution in [0, 0.1) is 11.3 Å². The van der Waals surface area contributed by atoms with Crippen LogP contribution in [0.4, 0.5) is 18.9 Å². The number of carbonyl (C=O) groups excluding carboxylic acids is 1. The van der Waals surface area contributed by atoms with Gasteiger partial charge in [0, 0.05) is 12.6 Å². The highest BCUT2D eigenvalue weighted by Crippen LogP contribution is 2.65. The summed E-state index contributed by atoms with van der Waals surface area (Å²) in [4.78, 5) is 11.2. The molecule has 5 rings (SSSR count). The number of halogens is 3. The van der Waals surface area contributed by atoms with E-state index in [1.165, 1.54) is 43.3 Å². The molecule has 1 saturated heterocycles. The number of fused-ring (bicyclic) bond motifs is 5. The molecule has 1 fully saturated rings. The van der Waals surface area contributed by atoms with Gasteiger partial charge in [-0.25, -0.2) is 8.42 Å². The first kappa shape index (κ1) is 27.5. The van der Waals surface area contributed by atoms with Gasteiger partial charge in [-0.15, -0.1) is 0 Å². The summed E-state index contributed by atoms with van der Waals surface area (Å²) in [6.45, 7) is 2.99. The lowest BCUT2D eigenvalue weighted by Gasteiger charge is -2.26. The normalized spacial score (nSPS) is 21.7. The Morgan fingerprint density at radius 1 is 1.12 bits per heavy atom. The zero-order chi connectivity index (χ0) is 29.3. The number of rotatable bonds is 6. The second-order valence-electron chi connectivity index (χ2n) is 10.2. The lowest BCUT2D eigenvalue weighted by Crippen LogP contribution is -2.26. The number of carbonyl (C=O) groups is 1. The van der Waals surface area contributed by atoms with Gasteiger partial charge >= 0.3 is 6.18 Å². The second kappa shape index (κ2) is 9.00. The highest BCUT2D eigenvalue weighted by molar-refractivity contribution is 7.91. The molecule has 2 aliphatic heterocycles. The van der Waals surface area contributed by atoms with E-state index in [0.717, 1.165) is 10.6 Å². The number of amides is 1. The van der Waals surface area contributed by atoms with E-state index in [2.05, 4.69) is 5.32 Å². The molecule has 0 unspecified atom stereocenters. The molecule has 13 heteroatoms. The molecule has 0 saturated carbocycles. The van der Waals surface area contributed by atoms with Gasteiger partial charge < -0.3 is 20.3 Å². The number of aromatic nitrogens is 1. The van der Waals surface area contributed by atoms with Crippen molar-refractivity contribution in [1.29, 1.82) is 5.26 Å². The summed E-state index contributed by atoms with van der Waals surface area (Å²) in [6.07, 6.45) is -4.26. The monoisotopic (exact) mass is 575 g/mol. The lowest BCUT2D eigenvalue weighted by molar-refractivity contribution is -0.137. The smallest absolute Gasteiger partial charge is 0.417 e. The summed E-state index contributed by atoms with van der Waals surface area (Å²) in [5.74, 6) is -1.78. The zero-order valence-corrected chi connectivity index (χ0v) is 22.2. The average Bonchev–Trinajstić information content (AvgIpc) is 3.46. The van der Waals surface area contributed by atoms with Crippen LogP contribution in [0.1, 0.15) is 55.4 Å². The Balaban J connectivity index is 1.52. The lowest BCUT2D eigenvalue weighted by atomic mass is 9.78. The van der Waals surface area contributed by atoms with Crippen LogP contribution in [0.15, 0.2) is 47.4 Å². The van der Waals surface area contributed by atoms with Crippen molar-refractivity contribution in [2.45, 2.75) is 55.4 Å². The molecule has 2 atom stereocenters. The minimum atomic E-state index is -4.85. The number of sulfone groups is 1. The number of benzene rings is 2. The van der Waals surface area contributed by atoms with E-state index in [0.29, 0.717) is 24.6 Å². The first-order valence-electron chi connectivity index (χ1n) is 12.2. The highest BCUT2D eigenvalue weighted by Gasteiger charge is 2.61. The molecule has 1 aromatic heterocycles. The molecule has 3 aromatic rings. The van der Waals surface area contributed by atoms with Gasteiger partial charge in [0.1, 0.15) is 5.60 Å². The number of hydrogen-bond acceptors (Lipinski definition) is 7. The summed E-state index contributed by atoms with van der Waals surface area (Å²) < 4.78 is 74.2. The first-order chi connectivity index (χ1) is 18.6. The number of hydrogen-bond donors (Lipinski definition) is 3. The van der Waals surface area contributed by atoms with Gasteiger partial charge in [-0.05, 0) is 68.7 Å². The van der Waals surface area contributed by atoms with Crippen molar-refractivity contribution in [2.24, 2.45) is 0 Å². The maximum Gasteiger partial charge on any atom is 0.417 e. The van der Waals surface area contributed by atoms with Crippen molar-refractivity contribution in [3.8, 4) is 23.5 Å². The standard InChI is InChI=1S/C27H24F3N3O6S/c1-15(34)32-17-4-7-19(8-5-17)40(37,38)12-11-26-10-9-25(2,39-26)21-22(26)24(36)33(23(21)35)18-6-3-16(14-31)20(13-18)27(28,29)30/h3-8,13,35-36H,9-12H2,1-2H3,(H,32,34)/t25-,26-/m1/s1. The Labute approximate surface area is 227 Å². The summed E-state index contributed by atoms with van der Waals surface area (Å²) in [5, 5.41) is 34.0. The van der Waals surface area contributed by atoms with Crippen LogP contribution in [0.25, 0.3) is 5.69 Å². The van der Waals surface area contributed by atoms with Crippen LogP contribution in [0.5, 0.6) is 11.8 Å². The van der Waals surface area contributed by atoms with Crippen LogP contribution in [-0.4, -0.2) is 34.9 Å². The Kier molecular flexibility index (Phi) is 6.20. The van der Waals surface area contributed by atoms with E-state index >= 15 is 0 Å². The molecule has 0 spiro atoms. The van der Waals surface area contributed by atoms with Crippen LogP contribution in [-0.2, 0) is 36.7 Å². The molecular formula is C27H24F3N3O6S. The van der Waals surface area contributed by atoms with Gasteiger partial charge in [0.2, 0.25) is 17.7 Å². The summed E-state index contributed by atoms with van der Waals surface area (Å²) in [6, 6.07) is 9.93. The van der Waals surface area contributed by atoms with Crippen molar-refractivity contribution in [1.82, 2.24) is 4.57 Å². The minimum Gasteiger partial charge on any atom is -0.494 e.